The molecule has 4 heteroatoms. The molecule has 0 aliphatic rings. The van der Waals surface area contributed by atoms with Gasteiger partial charge in [-0.25, -0.2) is 0 Å². The molecule has 2 aromatic rings. The molecule has 0 aliphatic heterocycles. The average Bonchev–Trinajstić information content (AvgIpc) is 2.66. The molecule has 0 fully saturated rings. The van der Waals surface area contributed by atoms with E-state index < -0.39 is 12.2 Å². The summed E-state index contributed by atoms with van der Waals surface area (Å²) in [6, 6.07) is 18.8. The first-order chi connectivity index (χ1) is 12.4. The fourth-order valence-electron chi connectivity index (χ4n) is 3.21. The maximum Gasteiger partial charge on any atom is 0.226 e. The molecule has 0 aliphatic carbocycles. The molecule has 4 nitrogen and oxygen atoms in total. The van der Waals surface area contributed by atoms with Gasteiger partial charge in [-0.3, -0.25) is 4.79 Å². The summed E-state index contributed by atoms with van der Waals surface area (Å²) in [6.45, 7) is 3.55. The molecule has 0 unspecified atom stereocenters. The van der Waals surface area contributed by atoms with Gasteiger partial charge in [0.25, 0.3) is 0 Å². The highest BCUT2D eigenvalue weighted by atomic mass is 16.3. The second kappa shape index (κ2) is 9.51. The van der Waals surface area contributed by atoms with Gasteiger partial charge in [-0.05, 0) is 37.8 Å². The Morgan fingerprint density at radius 1 is 0.962 bits per heavy atom. The van der Waals surface area contributed by atoms with Crippen molar-refractivity contribution < 1.29 is 15.0 Å². The average molecular weight is 355 g/mol. The van der Waals surface area contributed by atoms with Crippen LogP contribution in [0, 0.1) is 5.92 Å². The Kier molecular flexibility index (Phi) is 7.37. The molecule has 2 aromatic carbocycles. The van der Waals surface area contributed by atoms with E-state index in [1.165, 1.54) is 0 Å². The van der Waals surface area contributed by atoms with Crippen molar-refractivity contribution in [3.05, 3.63) is 71.8 Å². The monoisotopic (exact) mass is 355 g/mol. The van der Waals surface area contributed by atoms with Gasteiger partial charge in [0.05, 0.1) is 18.2 Å². The summed E-state index contributed by atoms with van der Waals surface area (Å²) in [4.78, 5) is 14.7. The molecule has 1 amide bonds. The summed E-state index contributed by atoms with van der Waals surface area (Å²) in [5.41, 5.74) is 1.85. The minimum Gasteiger partial charge on any atom is -0.393 e. The fraction of sp³-hybridized carbons (Fsp3) is 0.409. The summed E-state index contributed by atoms with van der Waals surface area (Å²) >= 11 is 0. The standard InChI is InChI=1S/C22H29NO3/c1-16(24)14-20(15-18-10-6-4-7-11-18)22(26)23(3)17(2)21(25)19-12-8-5-9-13-19/h4-13,16-17,20-21,24-25H,14-15H2,1-3H3/t16-,17+,20-,21-/m1/s1. The van der Waals surface area contributed by atoms with Gasteiger partial charge in [-0.15, -0.1) is 0 Å². The van der Waals surface area contributed by atoms with E-state index in [1.807, 2.05) is 67.6 Å². The van der Waals surface area contributed by atoms with Gasteiger partial charge in [0.15, 0.2) is 0 Å². The quantitative estimate of drug-likeness (QED) is 0.764. The lowest BCUT2D eigenvalue weighted by molar-refractivity contribution is -0.139. The predicted octanol–water partition coefficient (Wildman–Crippen LogP) is 3.20. The van der Waals surface area contributed by atoms with Gasteiger partial charge in [0.2, 0.25) is 5.91 Å². The van der Waals surface area contributed by atoms with Crippen LogP contribution in [0.4, 0.5) is 0 Å². The number of hydrogen-bond donors (Lipinski definition) is 2. The van der Waals surface area contributed by atoms with E-state index in [1.54, 1.807) is 18.9 Å². The minimum atomic E-state index is -0.755. The van der Waals surface area contributed by atoms with Crippen molar-refractivity contribution in [3.8, 4) is 0 Å². The second-order valence-corrected chi connectivity index (χ2v) is 7.02. The number of carbonyl (C=O) groups excluding carboxylic acids is 1. The normalized spacial score (nSPS) is 15.7. The van der Waals surface area contributed by atoms with Crippen LogP contribution in [0.25, 0.3) is 0 Å². The summed E-state index contributed by atoms with van der Waals surface area (Å²) in [5.74, 6) is -0.384. The molecule has 0 heterocycles. The van der Waals surface area contributed by atoms with Gasteiger partial charge >= 0.3 is 0 Å². The van der Waals surface area contributed by atoms with Crippen LogP contribution < -0.4 is 0 Å². The van der Waals surface area contributed by atoms with Crippen molar-refractivity contribution in [1.82, 2.24) is 4.90 Å². The lowest BCUT2D eigenvalue weighted by atomic mass is 9.91. The van der Waals surface area contributed by atoms with Crippen molar-refractivity contribution in [2.24, 2.45) is 5.92 Å². The van der Waals surface area contributed by atoms with Crippen molar-refractivity contribution in [2.75, 3.05) is 7.05 Å². The van der Waals surface area contributed by atoms with Crippen molar-refractivity contribution >= 4 is 5.91 Å². The van der Waals surface area contributed by atoms with Crippen LogP contribution in [0.3, 0.4) is 0 Å². The maximum atomic E-state index is 13.1. The van der Waals surface area contributed by atoms with Gasteiger partial charge in [-0.1, -0.05) is 60.7 Å². The first-order valence-electron chi connectivity index (χ1n) is 9.11. The van der Waals surface area contributed by atoms with Crippen LogP contribution in [0.2, 0.25) is 0 Å². The number of rotatable bonds is 8. The van der Waals surface area contributed by atoms with Gasteiger partial charge in [0, 0.05) is 13.0 Å². The molecule has 26 heavy (non-hydrogen) atoms. The Bertz CT molecular complexity index is 672. The van der Waals surface area contributed by atoms with Crippen molar-refractivity contribution in [1.29, 1.82) is 0 Å². The number of benzene rings is 2. The number of hydrogen-bond acceptors (Lipinski definition) is 3. The molecule has 0 bridgehead atoms. The zero-order valence-corrected chi connectivity index (χ0v) is 15.7. The maximum absolute atomic E-state index is 13.1. The van der Waals surface area contributed by atoms with Gasteiger partial charge in [-0.2, -0.15) is 0 Å². The smallest absolute Gasteiger partial charge is 0.226 e. The third-order valence-corrected chi connectivity index (χ3v) is 4.86. The zero-order chi connectivity index (χ0) is 19.1. The Hall–Kier alpha value is -2.17. The molecule has 140 valence electrons. The fourth-order valence-corrected chi connectivity index (χ4v) is 3.21. The van der Waals surface area contributed by atoms with Crippen LogP contribution in [-0.2, 0) is 11.2 Å². The highest BCUT2D eigenvalue weighted by Crippen LogP contribution is 2.23. The number of aliphatic hydroxyl groups excluding tert-OH is 2. The number of amides is 1. The van der Waals surface area contributed by atoms with Crippen LogP contribution in [0.15, 0.2) is 60.7 Å². The Morgan fingerprint density at radius 3 is 2.04 bits per heavy atom. The minimum absolute atomic E-state index is 0.0581. The first-order valence-corrected chi connectivity index (χ1v) is 9.11. The van der Waals surface area contributed by atoms with Crippen LogP contribution in [0.5, 0.6) is 0 Å². The van der Waals surface area contributed by atoms with Crippen LogP contribution in [-0.4, -0.2) is 40.2 Å². The van der Waals surface area contributed by atoms with E-state index in [0.29, 0.717) is 12.8 Å². The lowest BCUT2D eigenvalue weighted by Gasteiger charge is -2.32. The highest BCUT2D eigenvalue weighted by molar-refractivity contribution is 5.79. The molecule has 0 saturated heterocycles. The SMILES string of the molecule is C[C@@H](O)C[C@H](Cc1ccccc1)C(=O)N(C)[C@@H](C)[C@@H](O)c1ccccc1. The van der Waals surface area contributed by atoms with Gasteiger partial charge in [0.1, 0.15) is 0 Å². The molecule has 4 atom stereocenters. The molecular formula is C22H29NO3. The summed E-state index contributed by atoms with van der Waals surface area (Å²) < 4.78 is 0. The molecule has 0 saturated carbocycles. The molecule has 2 N–H and O–H groups in total. The molecular weight excluding hydrogens is 326 g/mol. The third-order valence-electron chi connectivity index (χ3n) is 4.86. The summed E-state index contributed by atoms with van der Waals surface area (Å²) in [7, 11) is 1.72. The topological polar surface area (TPSA) is 60.8 Å². The third kappa shape index (κ3) is 5.41. The second-order valence-electron chi connectivity index (χ2n) is 7.02. The Labute approximate surface area is 156 Å². The van der Waals surface area contributed by atoms with E-state index in [-0.39, 0.29) is 17.9 Å². The van der Waals surface area contributed by atoms with Crippen LogP contribution in [0.1, 0.15) is 37.5 Å². The lowest BCUT2D eigenvalue weighted by Crippen LogP contribution is -2.43. The molecule has 0 radical (unpaired) electrons. The van der Waals surface area contributed by atoms with E-state index in [2.05, 4.69) is 0 Å². The molecule has 0 aromatic heterocycles. The molecule has 0 spiro atoms. The van der Waals surface area contributed by atoms with Crippen LogP contribution >= 0.6 is 0 Å². The van der Waals surface area contributed by atoms with E-state index in [0.717, 1.165) is 11.1 Å². The first kappa shape index (κ1) is 20.1. The Balaban J connectivity index is 2.12. The summed E-state index contributed by atoms with van der Waals surface area (Å²) in [6.07, 6.45) is -0.348. The Morgan fingerprint density at radius 2 is 1.50 bits per heavy atom. The van der Waals surface area contributed by atoms with Crippen molar-refractivity contribution in [3.63, 3.8) is 0 Å². The number of likely N-dealkylation sites (N-methyl/N-ethyl adjacent to an activating group) is 1. The van der Waals surface area contributed by atoms with E-state index in [4.69, 9.17) is 0 Å². The number of aliphatic hydroxyl groups is 2. The molecule has 2 rings (SSSR count). The number of carbonyl (C=O) groups is 1. The summed E-state index contributed by atoms with van der Waals surface area (Å²) in [5, 5.41) is 20.5. The largest absolute Gasteiger partial charge is 0.393 e. The van der Waals surface area contributed by atoms with Gasteiger partial charge < -0.3 is 15.1 Å². The highest BCUT2D eigenvalue weighted by Gasteiger charge is 2.30. The predicted molar refractivity (Wildman–Crippen MR) is 104 cm³/mol. The van der Waals surface area contributed by atoms with E-state index >= 15 is 0 Å². The van der Waals surface area contributed by atoms with Crippen molar-refractivity contribution in [2.45, 2.75) is 44.9 Å². The van der Waals surface area contributed by atoms with E-state index in [9.17, 15) is 15.0 Å². The zero-order valence-electron chi connectivity index (χ0n) is 15.7. The number of nitrogens with zero attached hydrogens (tertiary/aromatic N) is 1.